The number of hydrogen-bond acceptors (Lipinski definition) is 6. The highest BCUT2D eigenvalue weighted by Crippen LogP contribution is 2.34. The van der Waals surface area contributed by atoms with Gasteiger partial charge in [-0.25, -0.2) is 4.98 Å². The zero-order valence-corrected chi connectivity index (χ0v) is 15.5. The third-order valence-electron chi connectivity index (χ3n) is 3.57. The Morgan fingerprint density at radius 2 is 2.04 bits per heavy atom. The van der Waals surface area contributed by atoms with Gasteiger partial charge in [0.2, 0.25) is 0 Å². The summed E-state index contributed by atoms with van der Waals surface area (Å²) in [6.45, 7) is 1.36. The Labute approximate surface area is 149 Å². The first-order chi connectivity index (χ1) is 11.6. The molecular formula is C17H19N3O2S2. The molecule has 0 saturated heterocycles. The van der Waals surface area contributed by atoms with Crippen LogP contribution in [-0.4, -0.2) is 50.1 Å². The van der Waals surface area contributed by atoms with Crippen LogP contribution in [0.1, 0.15) is 9.67 Å². The second-order valence-electron chi connectivity index (χ2n) is 5.54. The molecule has 3 aromatic rings. The van der Waals surface area contributed by atoms with Crippen molar-refractivity contribution in [3.8, 4) is 5.75 Å². The molecule has 0 N–H and O–H groups in total. The Kier molecular flexibility index (Phi) is 5.13. The lowest BCUT2D eigenvalue weighted by Gasteiger charge is -2.21. The number of thiophene rings is 1. The molecular weight excluding hydrogens is 342 g/mol. The van der Waals surface area contributed by atoms with Crippen LogP contribution in [0.5, 0.6) is 5.75 Å². The molecule has 5 nitrogen and oxygen atoms in total. The Bertz CT molecular complexity index is 828. The minimum absolute atomic E-state index is 0.00938. The van der Waals surface area contributed by atoms with Gasteiger partial charge in [-0.3, -0.25) is 9.69 Å². The molecule has 0 aliphatic carbocycles. The van der Waals surface area contributed by atoms with Crippen LogP contribution >= 0.6 is 22.7 Å². The number of benzene rings is 1. The van der Waals surface area contributed by atoms with Gasteiger partial charge in [0, 0.05) is 13.1 Å². The average Bonchev–Trinajstić information content (AvgIpc) is 3.23. The van der Waals surface area contributed by atoms with Gasteiger partial charge in [0.15, 0.2) is 5.13 Å². The second-order valence-corrected chi connectivity index (χ2v) is 7.50. The van der Waals surface area contributed by atoms with Crippen LogP contribution in [0.2, 0.25) is 0 Å². The topological polar surface area (TPSA) is 45.7 Å². The normalized spacial score (nSPS) is 11.2. The molecule has 0 spiro atoms. The number of amides is 1. The average molecular weight is 361 g/mol. The summed E-state index contributed by atoms with van der Waals surface area (Å²) >= 11 is 2.96. The molecule has 0 atom stereocenters. The maximum Gasteiger partial charge on any atom is 0.270 e. The van der Waals surface area contributed by atoms with Crippen molar-refractivity contribution in [3.05, 3.63) is 40.6 Å². The van der Waals surface area contributed by atoms with Gasteiger partial charge < -0.3 is 9.64 Å². The lowest BCUT2D eigenvalue weighted by Crippen LogP contribution is -2.36. The standard InChI is InChI=1S/C17H19N3O2S2/c1-19(2)9-10-20(16(21)14-8-5-11-23-14)17-18-15-12(22-3)6-4-7-13(15)24-17/h4-8,11H,9-10H2,1-3H3. The Morgan fingerprint density at radius 1 is 1.21 bits per heavy atom. The summed E-state index contributed by atoms with van der Waals surface area (Å²) < 4.78 is 6.40. The van der Waals surface area contributed by atoms with E-state index in [0.717, 1.165) is 27.4 Å². The monoisotopic (exact) mass is 361 g/mol. The maximum absolute atomic E-state index is 12.9. The largest absolute Gasteiger partial charge is 0.494 e. The van der Waals surface area contributed by atoms with Crippen molar-refractivity contribution < 1.29 is 9.53 Å². The number of likely N-dealkylation sites (N-methyl/N-ethyl adjacent to an activating group) is 1. The molecule has 1 aromatic carbocycles. The zero-order valence-electron chi connectivity index (χ0n) is 13.9. The number of methoxy groups -OCH3 is 1. The van der Waals surface area contributed by atoms with Crippen molar-refractivity contribution in [1.82, 2.24) is 9.88 Å². The maximum atomic E-state index is 12.9. The highest BCUT2D eigenvalue weighted by molar-refractivity contribution is 7.22. The lowest BCUT2D eigenvalue weighted by atomic mass is 10.3. The number of anilines is 1. The summed E-state index contributed by atoms with van der Waals surface area (Å²) in [5.41, 5.74) is 0.800. The molecule has 2 aromatic heterocycles. The lowest BCUT2D eigenvalue weighted by molar-refractivity contribution is 0.0989. The van der Waals surface area contributed by atoms with E-state index in [1.54, 1.807) is 12.0 Å². The predicted octanol–water partition coefficient (Wildman–Crippen LogP) is 3.57. The zero-order chi connectivity index (χ0) is 17.1. The van der Waals surface area contributed by atoms with Crippen LogP contribution < -0.4 is 9.64 Å². The fourth-order valence-electron chi connectivity index (χ4n) is 2.31. The first kappa shape index (κ1) is 16.9. The first-order valence-electron chi connectivity index (χ1n) is 7.54. The van der Waals surface area contributed by atoms with E-state index in [1.807, 2.05) is 49.8 Å². The molecule has 24 heavy (non-hydrogen) atoms. The predicted molar refractivity (Wildman–Crippen MR) is 101 cm³/mol. The summed E-state index contributed by atoms with van der Waals surface area (Å²) in [6, 6.07) is 9.57. The van der Waals surface area contributed by atoms with E-state index in [2.05, 4.69) is 9.88 Å². The number of hydrogen-bond donors (Lipinski definition) is 0. The number of thiazole rings is 1. The highest BCUT2D eigenvalue weighted by atomic mass is 32.1. The number of nitrogens with zero attached hydrogens (tertiary/aromatic N) is 3. The molecule has 1 amide bonds. The molecule has 0 fully saturated rings. The van der Waals surface area contributed by atoms with Crippen molar-refractivity contribution in [1.29, 1.82) is 0 Å². The van der Waals surface area contributed by atoms with E-state index < -0.39 is 0 Å². The number of para-hydroxylation sites is 1. The minimum Gasteiger partial charge on any atom is -0.494 e. The summed E-state index contributed by atoms with van der Waals surface area (Å²) in [5.74, 6) is 0.719. The molecule has 0 aliphatic heterocycles. The molecule has 0 aliphatic rings. The number of carbonyl (C=O) groups is 1. The quantitative estimate of drug-likeness (QED) is 0.673. The van der Waals surface area contributed by atoms with Gasteiger partial charge in [-0.1, -0.05) is 23.5 Å². The van der Waals surface area contributed by atoms with Gasteiger partial charge in [-0.05, 0) is 37.7 Å². The van der Waals surface area contributed by atoms with E-state index >= 15 is 0 Å². The number of aromatic nitrogens is 1. The number of carbonyl (C=O) groups excluding carboxylic acids is 1. The minimum atomic E-state index is -0.00938. The van der Waals surface area contributed by atoms with Gasteiger partial charge in [-0.15, -0.1) is 11.3 Å². The van der Waals surface area contributed by atoms with Crippen molar-refractivity contribution >= 4 is 43.9 Å². The van der Waals surface area contributed by atoms with E-state index in [1.165, 1.54) is 22.7 Å². The van der Waals surface area contributed by atoms with E-state index in [4.69, 9.17) is 4.74 Å². The Morgan fingerprint density at radius 3 is 2.71 bits per heavy atom. The van der Waals surface area contributed by atoms with Crippen molar-refractivity contribution in [2.45, 2.75) is 0 Å². The van der Waals surface area contributed by atoms with Gasteiger partial charge in [-0.2, -0.15) is 0 Å². The molecule has 126 valence electrons. The van der Waals surface area contributed by atoms with Gasteiger partial charge >= 0.3 is 0 Å². The SMILES string of the molecule is COc1cccc2sc(N(CCN(C)C)C(=O)c3cccs3)nc12. The fourth-order valence-corrected chi connectivity index (χ4v) is 3.99. The second kappa shape index (κ2) is 7.29. The van der Waals surface area contributed by atoms with Gasteiger partial charge in [0.05, 0.1) is 16.7 Å². The van der Waals surface area contributed by atoms with Crippen molar-refractivity contribution in [2.75, 3.05) is 39.2 Å². The van der Waals surface area contributed by atoms with E-state index in [0.29, 0.717) is 11.7 Å². The van der Waals surface area contributed by atoms with E-state index in [-0.39, 0.29) is 5.91 Å². The molecule has 7 heteroatoms. The van der Waals surface area contributed by atoms with Crippen LogP contribution in [0.4, 0.5) is 5.13 Å². The molecule has 0 unspecified atom stereocenters. The van der Waals surface area contributed by atoms with Crippen molar-refractivity contribution in [2.24, 2.45) is 0 Å². The summed E-state index contributed by atoms with van der Waals surface area (Å²) in [4.78, 5) is 22.1. The Hall–Kier alpha value is -1.96. The van der Waals surface area contributed by atoms with Crippen LogP contribution in [0.15, 0.2) is 35.7 Å². The van der Waals surface area contributed by atoms with Gasteiger partial charge in [0.1, 0.15) is 11.3 Å². The summed E-state index contributed by atoms with van der Waals surface area (Å²) in [5, 5.41) is 2.62. The van der Waals surface area contributed by atoms with Crippen LogP contribution in [-0.2, 0) is 0 Å². The van der Waals surface area contributed by atoms with Crippen LogP contribution in [0, 0.1) is 0 Å². The third-order valence-corrected chi connectivity index (χ3v) is 5.47. The fraction of sp³-hybridized carbons (Fsp3) is 0.294. The summed E-state index contributed by atoms with van der Waals surface area (Å²) in [7, 11) is 5.62. The van der Waals surface area contributed by atoms with Crippen LogP contribution in [0.25, 0.3) is 10.2 Å². The van der Waals surface area contributed by atoms with Gasteiger partial charge in [0.25, 0.3) is 5.91 Å². The number of ether oxygens (including phenoxy) is 1. The molecule has 2 heterocycles. The smallest absolute Gasteiger partial charge is 0.270 e. The molecule has 3 rings (SSSR count). The Balaban J connectivity index is 2.00. The number of fused-ring (bicyclic) bond motifs is 1. The highest BCUT2D eigenvalue weighted by Gasteiger charge is 2.22. The molecule has 0 saturated carbocycles. The van der Waals surface area contributed by atoms with Crippen molar-refractivity contribution in [3.63, 3.8) is 0 Å². The molecule has 0 radical (unpaired) electrons. The van der Waals surface area contributed by atoms with E-state index in [9.17, 15) is 4.79 Å². The number of rotatable bonds is 6. The van der Waals surface area contributed by atoms with Crippen LogP contribution in [0.3, 0.4) is 0 Å². The third kappa shape index (κ3) is 3.43. The first-order valence-corrected chi connectivity index (χ1v) is 9.23. The molecule has 0 bridgehead atoms. The summed E-state index contributed by atoms with van der Waals surface area (Å²) in [6.07, 6.45) is 0.